The lowest BCUT2D eigenvalue weighted by Crippen LogP contribution is -2.08. The van der Waals surface area contributed by atoms with Crippen LogP contribution in [0.1, 0.15) is 15.9 Å². The Bertz CT molecular complexity index is 781. The van der Waals surface area contributed by atoms with E-state index in [4.69, 9.17) is 28.3 Å². The van der Waals surface area contributed by atoms with Gasteiger partial charge < -0.3 is 14.8 Å². The summed E-state index contributed by atoms with van der Waals surface area (Å²) in [5.74, 6) is -1.12. The molecule has 23 heavy (non-hydrogen) atoms. The molecule has 1 atom stereocenters. The van der Waals surface area contributed by atoms with Crippen molar-refractivity contribution in [2.45, 2.75) is 6.42 Å². The van der Waals surface area contributed by atoms with E-state index in [1.165, 1.54) is 24.3 Å². The second-order valence-corrected chi connectivity index (χ2v) is 9.31. The van der Waals surface area contributed by atoms with E-state index in [-0.39, 0.29) is 21.4 Å². The number of aromatic carboxylic acids is 1. The van der Waals surface area contributed by atoms with Crippen LogP contribution < -0.4 is 5.30 Å². The molecule has 0 saturated heterocycles. The third-order valence-corrected chi connectivity index (χ3v) is 6.56. The van der Waals surface area contributed by atoms with Gasteiger partial charge in [-0.05, 0) is 42.9 Å². The number of aromatic hydroxyl groups is 1. The number of benzene rings is 2. The lowest BCUT2D eigenvalue weighted by atomic mass is 10.1. The summed E-state index contributed by atoms with van der Waals surface area (Å²) in [4.78, 5) is 11.1. The standard InChI is InChI=1S/C16H15Cl2O4P/c1-23(22,12-4-2-3-11(19)9-12)6-5-10-7-13(17)15(16(20)21)14(18)8-10/h2-4,7-9,19H,5-6H2,1H3,(H,20,21)/t23-/m1/s1. The molecule has 0 radical (unpaired) electrons. The smallest absolute Gasteiger partial charge is 0.338 e. The van der Waals surface area contributed by atoms with Crippen molar-refractivity contribution in [3.63, 3.8) is 0 Å². The predicted molar refractivity (Wildman–Crippen MR) is 93.3 cm³/mol. The largest absolute Gasteiger partial charge is 0.508 e. The van der Waals surface area contributed by atoms with Crippen molar-refractivity contribution < 1.29 is 19.6 Å². The number of hydrogen-bond acceptors (Lipinski definition) is 3. The minimum Gasteiger partial charge on any atom is -0.508 e. The third kappa shape index (κ3) is 4.29. The van der Waals surface area contributed by atoms with E-state index in [1.807, 2.05) is 0 Å². The molecule has 0 bridgehead atoms. The summed E-state index contributed by atoms with van der Waals surface area (Å²) in [5, 5.41) is 19.3. The van der Waals surface area contributed by atoms with Gasteiger partial charge in [0.1, 0.15) is 12.9 Å². The first kappa shape index (κ1) is 17.9. The second kappa shape index (κ2) is 6.96. The van der Waals surface area contributed by atoms with Crippen LogP contribution in [0.25, 0.3) is 0 Å². The topological polar surface area (TPSA) is 74.6 Å². The fourth-order valence-corrected chi connectivity index (χ4v) is 4.68. The van der Waals surface area contributed by atoms with Crippen LogP contribution in [0.5, 0.6) is 5.75 Å². The molecule has 0 amide bonds. The number of halogens is 2. The van der Waals surface area contributed by atoms with Crippen molar-refractivity contribution >= 4 is 41.6 Å². The van der Waals surface area contributed by atoms with Crippen LogP contribution in [0.3, 0.4) is 0 Å². The van der Waals surface area contributed by atoms with Crippen LogP contribution in [0.2, 0.25) is 10.0 Å². The van der Waals surface area contributed by atoms with E-state index in [0.29, 0.717) is 23.5 Å². The number of phenols is 1. The Morgan fingerprint density at radius 3 is 2.30 bits per heavy atom. The van der Waals surface area contributed by atoms with Crippen molar-refractivity contribution in [2.24, 2.45) is 0 Å². The monoisotopic (exact) mass is 372 g/mol. The van der Waals surface area contributed by atoms with Gasteiger partial charge in [-0.25, -0.2) is 4.79 Å². The summed E-state index contributed by atoms with van der Waals surface area (Å²) in [7, 11) is -2.66. The van der Waals surface area contributed by atoms with Gasteiger partial charge in [0.05, 0.1) is 15.6 Å². The van der Waals surface area contributed by atoms with Crippen LogP contribution in [0.4, 0.5) is 0 Å². The zero-order valence-electron chi connectivity index (χ0n) is 12.3. The maximum atomic E-state index is 12.8. The fourth-order valence-electron chi connectivity index (χ4n) is 2.23. The van der Waals surface area contributed by atoms with Crippen molar-refractivity contribution in [1.29, 1.82) is 0 Å². The molecule has 0 aliphatic rings. The molecule has 0 aliphatic carbocycles. The van der Waals surface area contributed by atoms with E-state index in [9.17, 15) is 14.5 Å². The molecule has 122 valence electrons. The molecule has 0 unspecified atom stereocenters. The van der Waals surface area contributed by atoms with E-state index < -0.39 is 13.1 Å². The zero-order valence-corrected chi connectivity index (χ0v) is 14.7. The highest BCUT2D eigenvalue weighted by Crippen LogP contribution is 2.41. The molecule has 0 saturated carbocycles. The molecule has 0 fully saturated rings. The molecule has 2 rings (SSSR count). The van der Waals surface area contributed by atoms with Crippen LogP contribution in [-0.4, -0.2) is 29.0 Å². The van der Waals surface area contributed by atoms with E-state index in [2.05, 4.69) is 0 Å². The van der Waals surface area contributed by atoms with Crippen molar-refractivity contribution in [3.05, 3.63) is 57.6 Å². The second-order valence-electron chi connectivity index (χ2n) is 5.33. The van der Waals surface area contributed by atoms with Gasteiger partial charge in [0, 0.05) is 11.5 Å². The fraction of sp³-hybridized carbons (Fsp3) is 0.188. The number of hydrogen-bond donors (Lipinski definition) is 2. The van der Waals surface area contributed by atoms with E-state index >= 15 is 0 Å². The zero-order chi connectivity index (χ0) is 17.2. The number of aryl methyl sites for hydroxylation is 1. The summed E-state index contributed by atoms with van der Waals surface area (Å²) >= 11 is 11.9. The lowest BCUT2D eigenvalue weighted by molar-refractivity contribution is 0.0697. The van der Waals surface area contributed by atoms with Crippen LogP contribution in [0.15, 0.2) is 36.4 Å². The minimum atomic E-state index is -2.66. The lowest BCUT2D eigenvalue weighted by Gasteiger charge is -2.14. The Hall–Kier alpha value is -1.48. The third-order valence-electron chi connectivity index (χ3n) is 3.52. The summed E-state index contributed by atoms with van der Waals surface area (Å²) in [6, 6.07) is 9.44. The van der Waals surface area contributed by atoms with Gasteiger partial charge in [-0.15, -0.1) is 0 Å². The highest BCUT2D eigenvalue weighted by Gasteiger charge is 2.20. The maximum Gasteiger partial charge on any atom is 0.338 e. The molecule has 2 N–H and O–H groups in total. The first-order valence-corrected chi connectivity index (χ1v) is 9.87. The Labute approximate surface area is 144 Å². The summed E-state index contributed by atoms with van der Waals surface area (Å²) in [5.41, 5.74) is 0.581. The Balaban J connectivity index is 2.21. The van der Waals surface area contributed by atoms with Gasteiger partial charge in [-0.1, -0.05) is 35.3 Å². The molecule has 0 aliphatic heterocycles. The van der Waals surface area contributed by atoms with Crippen LogP contribution >= 0.6 is 30.3 Å². The minimum absolute atomic E-state index is 0.0586. The van der Waals surface area contributed by atoms with E-state index in [0.717, 1.165) is 0 Å². The Morgan fingerprint density at radius 1 is 1.17 bits per heavy atom. The SMILES string of the molecule is C[P@@](=O)(CCc1cc(Cl)c(C(=O)O)c(Cl)c1)c1cccc(O)c1. The quantitative estimate of drug-likeness (QED) is 0.769. The first-order chi connectivity index (χ1) is 10.7. The van der Waals surface area contributed by atoms with E-state index in [1.54, 1.807) is 18.8 Å². The van der Waals surface area contributed by atoms with Crippen molar-refractivity contribution in [1.82, 2.24) is 0 Å². The molecule has 4 nitrogen and oxygen atoms in total. The van der Waals surface area contributed by atoms with Gasteiger partial charge in [0.2, 0.25) is 0 Å². The molecule has 0 aromatic heterocycles. The van der Waals surface area contributed by atoms with Crippen molar-refractivity contribution in [2.75, 3.05) is 12.8 Å². The number of carbonyl (C=O) groups is 1. The highest BCUT2D eigenvalue weighted by molar-refractivity contribution is 7.70. The Kier molecular flexibility index (Phi) is 5.41. The number of rotatable bonds is 5. The maximum absolute atomic E-state index is 12.8. The molecule has 0 heterocycles. The number of phenolic OH excluding ortho intramolecular Hbond substituents is 1. The Morgan fingerprint density at radius 2 is 1.78 bits per heavy atom. The van der Waals surface area contributed by atoms with Gasteiger partial charge in [0.25, 0.3) is 0 Å². The molecular weight excluding hydrogens is 358 g/mol. The molecular formula is C16H15Cl2O4P. The average molecular weight is 373 g/mol. The number of carboxylic acid groups (broad SMARTS) is 1. The normalized spacial score (nSPS) is 13.5. The summed E-state index contributed by atoms with van der Waals surface area (Å²) in [6.45, 7) is 1.65. The van der Waals surface area contributed by atoms with Gasteiger partial charge in [-0.2, -0.15) is 0 Å². The molecule has 0 spiro atoms. The summed E-state index contributed by atoms with van der Waals surface area (Å²) in [6.07, 6.45) is 0.790. The molecule has 7 heteroatoms. The highest BCUT2D eigenvalue weighted by atomic mass is 35.5. The molecule has 2 aromatic carbocycles. The van der Waals surface area contributed by atoms with Gasteiger partial charge in [0.15, 0.2) is 0 Å². The van der Waals surface area contributed by atoms with Crippen molar-refractivity contribution in [3.8, 4) is 5.75 Å². The predicted octanol–water partition coefficient (Wildman–Crippen LogP) is 4.26. The van der Waals surface area contributed by atoms with Gasteiger partial charge >= 0.3 is 5.97 Å². The van der Waals surface area contributed by atoms with Crippen LogP contribution in [-0.2, 0) is 11.0 Å². The van der Waals surface area contributed by atoms with Gasteiger partial charge in [-0.3, -0.25) is 0 Å². The average Bonchev–Trinajstić information content (AvgIpc) is 2.44. The molecule has 2 aromatic rings. The summed E-state index contributed by atoms with van der Waals surface area (Å²) < 4.78 is 12.8. The van der Waals surface area contributed by atoms with Crippen LogP contribution in [0, 0.1) is 0 Å². The first-order valence-electron chi connectivity index (χ1n) is 6.78. The number of carboxylic acids is 1.